The molecule has 0 aliphatic carbocycles. The van der Waals surface area contributed by atoms with Gasteiger partial charge < -0.3 is 11.5 Å². The van der Waals surface area contributed by atoms with Crippen molar-refractivity contribution in [1.82, 2.24) is 0 Å². The van der Waals surface area contributed by atoms with Crippen LogP contribution in [0.3, 0.4) is 0 Å². The predicted octanol–water partition coefficient (Wildman–Crippen LogP) is -0.373. The van der Waals surface area contributed by atoms with Gasteiger partial charge in [0.2, 0.25) is 5.91 Å². The molecule has 0 saturated heterocycles. The summed E-state index contributed by atoms with van der Waals surface area (Å²) in [7, 11) is 0. The van der Waals surface area contributed by atoms with E-state index in [9.17, 15) is 4.79 Å². The molecule has 0 aliphatic heterocycles. The van der Waals surface area contributed by atoms with E-state index in [-0.39, 0.29) is 0 Å². The van der Waals surface area contributed by atoms with Crippen LogP contribution in [0.5, 0.6) is 0 Å². The second-order valence-corrected chi connectivity index (χ2v) is 2.68. The Morgan fingerprint density at radius 1 is 1.40 bits per heavy atom. The number of aliphatic imine (C=N–C) groups is 1. The van der Waals surface area contributed by atoms with Crippen molar-refractivity contribution in [3.8, 4) is 0 Å². The monoisotopic (exact) mass is 143 g/mol. The Morgan fingerprint density at radius 3 is 1.90 bits per heavy atom. The maximum absolute atomic E-state index is 10.6. The van der Waals surface area contributed by atoms with Gasteiger partial charge in [0, 0.05) is 0 Å². The lowest BCUT2D eigenvalue weighted by Crippen LogP contribution is -2.37. The van der Waals surface area contributed by atoms with Crippen LogP contribution in [0.4, 0.5) is 0 Å². The quantitative estimate of drug-likeness (QED) is 0.408. The summed E-state index contributed by atoms with van der Waals surface area (Å²) >= 11 is 0. The Bertz CT molecular complexity index is 168. The van der Waals surface area contributed by atoms with Crippen molar-refractivity contribution in [2.45, 2.75) is 26.3 Å². The third-order valence-electron chi connectivity index (χ3n) is 1.06. The van der Waals surface area contributed by atoms with E-state index in [1.807, 2.05) is 0 Å². The molecule has 0 unspecified atom stereocenters. The average Bonchev–Trinajstić information content (AvgIpc) is 1.60. The molecule has 58 valence electrons. The molecular weight excluding hydrogens is 130 g/mol. The van der Waals surface area contributed by atoms with Gasteiger partial charge in [-0.1, -0.05) is 0 Å². The molecule has 10 heavy (non-hydrogen) atoms. The summed E-state index contributed by atoms with van der Waals surface area (Å²) in [6.07, 6.45) is 0. The zero-order valence-electron chi connectivity index (χ0n) is 6.51. The third kappa shape index (κ3) is 2.48. The van der Waals surface area contributed by atoms with E-state index >= 15 is 0 Å². The number of primary amides is 1. The molecule has 0 rings (SSSR count). The molecule has 4 heteroatoms. The fourth-order valence-corrected chi connectivity index (χ4v) is 0.496. The second kappa shape index (κ2) is 2.68. The summed E-state index contributed by atoms with van der Waals surface area (Å²) in [5.41, 5.74) is 9.40. The molecule has 0 bridgehead atoms. The number of rotatable bonds is 2. The Balaban J connectivity index is 4.42. The number of nitrogens with zero attached hydrogens (tertiary/aromatic N) is 1. The largest absolute Gasteiger partial charge is 0.388 e. The first-order valence-corrected chi connectivity index (χ1v) is 2.98. The lowest BCUT2D eigenvalue weighted by atomic mass is 10.1. The molecular formula is C6H13N3O. The zero-order chi connectivity index (χ0) is 8.36. The fraction of sp³-hybridized carbons (Fsp3) is 0.667. The Kier molecular flexibility index (Phi) is 2.40. The number of hydrogen-bond acceptors (Lipinski definition) is 2. The van der Waals surface area contributed by atoms with Gasteiger partial charge in [0.1, 0.15) is 5.54 Å². The number of amidine groups is 1. The average molecular weight is 143 g/mol. The van der Waals surface area contributed by atoms with Gasteiger partial charge in [0.25, 0.3) is 0 Å². The van der Waals surface area contributed by atoms with Crippen LogP contribution in [0, 0.1) is 0 Å². The van der Waals surface area contributed by atoms with Gasteiger partial charge >= 0.3 is 0 Å². The second-order valence-electron chi connectivity index (χ2n) is 2.68. The Labute approximate surface area is 60.3 Å². The highest BCUT2D eigenvalue weighted by Gasteiger charge is 2.22. The minimum atomic E-state index is -0.876. The van der Waals surface area contributed by atoms with Gasteiger partial charge in [-0.25, -0.2) is 0 Å². The summed E-state index contributed by atoms with van der Waals surface area (Å²) in [6.45, 7) is 4.85. The lowest BCUT2D eigenvalue weighted by molar-refractivity contribution is -0.121. The van der Waals surface area contributed by atoms with Crippen LogP contribution < -0.4 is 11.5 Å². The van der Waals surface area contributed by atoms with Gasteiger partial charge in [-0.2, -0.15) is 0 Å². The summed E-state index contributed by atoms with van der Waals surface area (Å²) in [4.78, 5) is 14.4. The zero-order valence-corrected chi connectivity index (χ0v) is 6.51. The molecule has 0 aromatic rings. The summed E-state index contributed by atoms with van der Waals surface area (Å²) in [5, 5.41) is 0. The lowest BCUT2D eigenvalue weighted by Gasteiger charge is -2.14. The maximum atomic E-state index is 10.6. The van der Waals surface area contributed by atoms with E-state index in [4.69, 9.17) is 11.5 Å². The number of hydrogen-bond donors (Lipinski definition) is 2. The van der Waals surface area contributed by atoms with Crippen LogP contribution in [0.2, 0.25) is 0 Å². The molecule has 0 aromatic carbocycles. The normalized spacial score (nSPS) is 13.3. The Morgan fingerprint density at radius 2 is 1.80 bits per heavy atom. The summed E-state index contributed by atoms with van der Waals surface area (Å²) < 4.78 is 0. The predicted molar refractivity (Wildman–Crippen MR) is 40.6 cm³/mol. The summed E-state index contributed by atoms with van der Waals surface area (Å²) in [5.74, 6) is -0.110. The first-order valence-electron chi connectivity index (χ1n) is 2.98. The van der Waals surface area contributed by atoms with E-state index in [2.05, 4.69) is 4.99 Å². The molecule has 0 heterocycles. The van der Waals surface area contributed by atoms with Crippen molar-refractivity contribution in [2.24, 2.45) is 16.5 Å². The molecule has 0 atom stereocenters. The Hall–Kier alpha value is -1.06. The number of carbonyl (C=O) groups excluding carboxylic acids is 1. The van der Waals surface area contributed by atoms with Gasteiger partial charge in [0.15, 0.2) is 0 Å². The van der Waals surface area contributed by atoms with E-state index in [0.29, 0.717) is 5.84 Å². The van der Waals surface area contributed by atoms with Gasteiger partial charge in [-0.15, -0.1) is 0 Å². The SMILES string of the molecule is CC(N)=NC(C)(C)C(N)=O. The minimum absolute atomic E-state index is 0.365. The van der Waals surface area contributed by atoms with Crippen LogP contribution in [0.25, 0.3) is 0 Å². The topological polar surface area (TPSA) is 81.5 Å². The van der Waals surface area contributed by atoms with Gasteiger partial charge in [-0.3, -0.25) is 9.79 Å². The van der Waals surface area contributed by atoms with Gasteiger partial charge in [-0.05, 0) is 20.8 Å². The first kappa shape index (κ1) is 8.94. The van der Waals surface area contributed by atoms with Crippen molar-refractivity contribution >= 4 is 11.7 Å². The smallest absolute Gasteiger partial charge is 0.244 e. The maximum Gasteiger partial charge on any atom is 0.244 e. The van der Waals surface area contributed by atoms with E-state index in [0.717, 1.165) is 0 Å². The fourth-order valence-electron chi connectivity index (χ4n) is 0.496. The van der Waals surface area contributed by atoms with E-state index in [1.54, 1.807) is 20.8 Å². The standard InChI is InChI=1S/C6H13N3O/c1-4(7)9-6(2,3)5(8)10/h1-3H3,(H2,7,9)(H2,8,10). The molecule has 0 fully saturated rings. The number of amides is 1. The minimum Gasteiger partial charge on any atom is -0.388 e. The van der Waals surface area contributed by atoms with Gasteiger partial charge in [0.05, 0.1) is 5.84 Å². The van der Waals surface area contributed by atoms with Crippen LogP contribution in [0.1, 0.15) is 20.8 Å². The molecule has 0 aromatic heterocycles. The molecule has 1 amide bonds. The van der Waals surface area contributed by atoms with Crippen molar-refractivity contribution in [3.63, 3.8) is 0 Å². The molecule has 0 spiro atoms. The van der Waals surface area contributed by atoms with Crippen molar-refractivity contribution in [3.05, 3.63) is 0 Å². The number of nitrogens with two attached hydrogens (primary N) is 2. The van der Waals surface area contributed by atoms with Crippen LogP contribution in [0.15, 0.2) is 4.99 Å². The van der Waals surface area contributed by atoms with Crippen LogP contribution >= 0.6 is 0 Å². The molecule has 0 aliphatic rings. The van der Waals surface area contributed by atoms with E-state index < -0.39 is 11.4 Å². The third-order valence-corrected chi connectivity index (χ3v) is 1.06. The van der Waals surface area contributed by atoms with Crippen molar-refractivity contribution < 1.29 is 4.79 Å². The van der Waals surface area contributed by atoms with Crippen LogP contribution in [-0.2, 0) is 4.79 Å². The summed E-state index contributed by atoms with van der Waals surface area (Å²) in [6, 6.07) is 0. The van der Waals surface area contributed by atoms with Crippen molar-refractivity contribution in [2.75, 3.05) is 0 Å². The van der Waals surface area contributed by atoms with Crippen LogP contribution in [-0.4, -0.2) is 17.3 Å². The van der Waals surface area contributed by atoms with Crippen molar-refractivity contribution in [1.29, 1.82) is 0 Å². The first-order chi connectivity index (χ1) is 4.36. The molecule has 0 saturated carbocycles. The number of carbonyl (C=O) groups is 1. The highest BCUT2D eigenvalue weighted by atomic mass is 16.1. The highest BCUT2D eigenvalue weighted by Crippen LogP contribution is 2.06. The molecule has 4 N–H and O–H groups in total. The molecule has 0 radical (unpaired) electrons. The van der Waals surface area contributed by atoms with E-state index in [1.165, 1.54) is 0 Å². The molecule has 4 nitrogen and oxygen atoms in total. The highest BCUT2D eigenvalue weighted by molar-refractivity contribution is 5.88.